The van der Waals surface area contributed by atoms with Gasteiger partial charge in [0, 0.05) is 5.56 Å². The van der Waals surface area contributed by atoms with E-state index < -0.39 is 0 Å². The summed E-state index contributed by atoms with van der Waals surface area (Å²) >= 11 is 0. The molecule has 3 N–H and O–H groups in total. The highest BCUT2D eigenvalue weighted by molar-refractivity contribution is 5.76. The number of carbonyl (C=O) groups excluding carboxylic acids is 1. The number of aromatic amines is 1. The molecule has 0 radical (unpaired) electrons. The second kappa shape index (κ2) is 4.06. The third kappa shape index (κ3) is 1.75. The summed E-state index contributed by atoms with van der Waals surface area (Å²) in [5.41, 5.74) is 8.26. The molecule has 5 nitrogen and oxygen atoms in total. The van der Waals surface area contributed by atoms with Crippen molar-refractivity contribution in [3.63, 3.8) is 0 Å². The lowest BCUT2D eigenvalue weighted by atomic mass is 10.1. The number of nitrogen functional groups attached to an aromatic ring is 1. The van der Waals surface area contributed by atoms with Crippen LogP contribution in [-0.4, -0.2) is 23.6 Å². The van der Waals surface area contributed by atoms with Gasteiger partial charge in [0.2, 0.25) is 0 Å². The summed E-state index contributed by atoms with van der Waals surface area (Å²) in [4.78, 5) is 10.5. The van der Waals surface area contributed by atoms with Crippen LogP contribution in [0, 0.1) is 0 Å². The van der Waals surface area contributed by atoms with Gasteiger partial charge in [0.05, 0.1) is 24.2 Å². The van der Waals surface area contributed by atoms with Crippen LogP contribution in [0.15, 0.2) is 24.3 Å². The Balaban J connectivity index is 2.40. The van der Waals surface area contributed by atoms with E-state index in [1.54, 1.807) is 25.3 Å². The zero-order valence-corrected chi connectivity index (χ0v) is 8.73. The van der Waals surface area contributed by atoms with Crippen molar-refractivity contribution in [2.45, 2.75) is 0 Å². The topological polar surface area (TPSA) is 81.0 Å². The van der Waals surface area contributed by atoms with Crippen LogP contribution >= 0.6 is 0 Å². The largest absolute Gasteiger partial charge is 0.495 e. The lowest BCUT2D eigenvalue weighted by Crippen LogP contribution is -1.92. The van der Waals surface area contributed by atoms with Crippen molar-refractivity contribution in [1.29, 1.82) is 0 Å². The molecule has 0 unspecified atom stereocenters. The number of hydrogen-bond donors (Lipinski definition) is 2. The predicted octanol–water partition coefficient (Wildman–Crippen LogP) is 1.48. The van der Waals surface area contributed by atoms with Crippen LogP contribution in [0.4, 0.5) is 5.69 Å². The fourth-order valence-corrected chi connectivity index (χ4v) is 1.44. The molecule has 0 aliphatic heterocycles. The molecule has 5 heteroatoms. The Labute approximate surface area is 92.2 Å². The summed E-state index contributed by atoms with van der Waals surface area (Å²) in [6, 6.07) is 7.01. The molecule has 82 valence electrons. The number of H-pyrrole nitrogens is 1. The first kappa shape index (κ1) is 10.2. The Morgan fingerprint density at radius 3 is 2.81 bits per heavy atom. The molecule has 0 atom stereocenters. The molecule has 2 rings (SSSR count). The fraction of sp³-hybridized carbons (Fsp3) is 0.0909. The highest BCUT2D eigenvalue weighted by Gasteiger charge is 2.06. The Bertz CT molecular complexity index is 520. The minimum absolute atomic E-state index is 0.435. The van der Waals surface area contributed by atoms with Gasteiger partial charge in [-0.15, -0.1) is 0 Å². The molecule has 0 saturated carbocycles. The Morgan fingerprint density at radius 1 is 1.44 bits per heavy atom. The van der Waals surface area contributed by atoms with Gasteiger partial charge >= 0.3 is 0 Å². The average Bonchev–Trinajstić information content (AvgIpc) is 2.77. The van der Waals surface area contributed by atoms with Crippen LogP contribution in [0.25, 0.3) is 11.3 Å². The molecule has 1 aromatic heterocycles. The number of hydrogen-bond acceptors (Lipinski definition) is 4. The van der Waals surface area contributed by atoms with Gasteiger partial charge in [0.25, 0.3) is 0 Å². The van der Waals surface area contributed by atoms with Crippen molar-refractivity contribution in [3.05, 3.63) is 30.0 Å². The van der Waals surface area contributed by atoms with E-state index in [1.807, 2.05) is 6.07 Å². The van der Waals surface area contributed by atoms with Crippen molar-refractivity contribution in [1.82, 2.24) is 10.2 Å². The first-order valence-corrected chi connectivity index (χ1v) is 4.69. The van der Waals surface area contributed by atoms with Crippen LogP contribution in [0.5, 0.6) is 5.75 Å². The molecular weight excluding hydrogens is 206 g/mol. The number of aromatic nitrogens is 2. The minimum Gasteiger partial charge on any atom is -0.495 e. The van der Waals surface area contributed by atoms with Gasteiger partial charge in [-0.1, -0.05) is 0 Å². The summed E-state index contributed by atoms with van der Waals surface area (Å²) in [5, 5.41) is 6.61. The van der Waals surface area contributed by atoms with E-state index in [0.29, 0.717) is 29.1 Å². The quantitative estimate of drug-likeness (QED) is 0.602. The number of anilines is 1. The number of nitrogens with zero attached hydrogens (tertiary/aromatic N) is 1. The second-order valence-electron chi connectivity index (χ2n) is 3.28. The van der Waals surface area contributed by atoms with E-state index >= 15 is 0 Å². The number of benzene rings is 1. The SMILES string of the molecule is COc1ccc(-c2cc(C=O)[nH]n2)cc1N. The van der Waals surface area contributed by atoms with Gasteiger partial charge in [-0.3, -0.25) is 9.89 Å². The maximum atomic E-state index is 10.5. The van der Waals surface area contributed by atoms with Crippen LogP contribution in [-0.2, 0) is 0 Å². The van der Waals surface area contributed by atoms with E-state index in [-0.39, 0.29) is 0 Å². The number of carbonyl (C=O) groups is 1. The van der Waals surface area contributed by atoms with E-state index in [1.165, 1.54) is 0 Å². The standard InChI is InChI=1S/C11H11N3O2/c1-16-11-3-2-7(4-9(11)12)10-5-8(6-15)13-14-10/h2-6H,12H2,1H3,(H,13,14). The van der Waals surface area contributed by atoms with E-state index in [9.17, 15) is 4.79 Å². The van der Waals surface area contributed by atoms with Crippen molar-refractivity contribution in [3.8, 4) is 17.0 Å². The lowest BCUT2D eigenvalue weighted by molar-refractivity contribution is 0.111. The Kier molecular flexibility index (Phi) is 2.59. The third-order valence-electron chi connectivity index (χ3n) is 2.25. The second-order valence-corrected chi connectivity index (χ2v) is 3.28. The summed E-state index contributed by atoms with van der Waals surface area (Å²) in [7, 11) is 1.56. The molecule has 2 aromatic rings. The predicted molar refractivity (Wildman–Crippen MR) is 60.4 cm³/mol. The number of nitrogens with one attached hydrogen (secondary N) is 1. The number of ether oxygens (including phenoxy) is 1. The van der Waals surface area contributed by atoms with Gasteiger partial charge in [-0.25, -0.2) is 0 Å². The van der Waals surface area contributed by atoms with E-state index in [4.69, 9.17) is 10.5 Å². The number of nitrogens with two attached hydrogens (primary N) is 1. The van der Waals surface area contributed by atoms with E-state index in [2.05, 4.69) is 10.2 Å². The molecule has 16 heavy (non-hydrogen) atoms. The number of aldehydes is 1. The number of methoxy groups -OCH3 is 1. The summed E-state index contributed by atoms with van der Waals surface area (Å²) in [6.07, 6.45) is 0.712. The highest BCUT2D eigenvalue weighted by Crippen LogP contribution is 2.27. The molecule has 0 amide bonds. The van der Waals surface area contributed by atoms with Gasteiger partial charge in [-0.05, 0) is 24.3 Å². The molecular formula is C11H11N3O2. The van der Waals surface area contributed by atoms with Crippen LogP contribution < -0.4 is 10.5 Å². The summed E-state index contributed by atoms with van der Waals surface area (Å²) in [5.74, 6) is 0.620. The summed E-state index contributed by atoms with van der Waals surface area (Å²) < 4.78 is 5.05. The first-order valence-electron chi connectivity index (χ1n) is 4.69. The molecule has 1 heterocycles. The van der Waals surface area contributed by atoms with Crippen LogP contribution in [0.1, 0.15) is 10.5 Å². The van der Waals surface area contributed by atoms with Crippen molar-refractivity contribution < 1.29 is 9.53 Å². The smallest absolute Gasteiger partial charge is 0.167 e. The summed E-state index contributed by atoms with van der Waals surface area (Å²) in [6.45, 7) is 0. The Morgan fingerprint density at radius 2 is 2.25 bits per heavy atom. The molecule has 0 bridgehead atoms. The van der Waals surface area contributed by atoms with Crippen molar-refractivity contribution in [2.75, 3.05) is 12.8 Å². The molecule has 0 spiro atoms. The lowest BCUT2D eigenvalue weighted by Gasteiger charge is -2.05. The molecule has 0 aliphatic carbocycles. The van der Waals surface area contributed by atoms with Crippen LogP contribution in [0.3, 0.4) is 0 Å². The van der Waals surface area contributed by atoms with Crippen molar-refractivity contribution in [2.24, 2.45) is 0 Å². The zero-order chi connectivity index (χ0) is 11.5. The highest BCUT2D eigenvalue weighted by atomic mass is 16.5. The van der Waals surface area contributed by atoms with Gasteiger partial charge in [-0.2, -0.15) is 5.10 Å². The zero-order valence-electron chi connectivity index (χ0n) is 8.73. The maximum Gasteiger partial charge on any atom is 0.167 e. The molecule has 0 fully saturated rings. The van der Waals surface area contributed by atoms with Gasteiger partial charge in [0.1, 0.15) is 5.75 Å². The monoisotopic (exact) mass is 217 g/mol. The van der Waals surface area contributed by atoms with Gasteiger partial charge < -0.3 is 10.5 Å². The number of rotatable bonds is 3. The molecule has 1 aromatic carbocycles. The third-order valence-corrected chi connectivity index (χ3v) is 2.25. The first-order chi connectivity index (χ1) is 7.74. The average molecular weight is 217 g/mol. The van der Waals surface area contributed by atoms with Crippen LogP contribution in [0.2, 0.25) is 0 Å². The molecule has 0 saturated heterocycles. The minimum atomic E-state index is 0.435. The normalized spacial score (nSPS) is 10.1. The van der Waals surface area contributed by atoms with Crippen molar-refractivity contribution >= 4 is 12.0 Å². The fourth-order valence-electron chi connectivity index (χ4n) is 1.44. The van der Waals surface area contributed by atoms with Gasteiger partial charge in [0.15, 0.2) is 6.29 Å². The Hall–Kier alpha value is -2.30. The maximum absolute atomic E-state index is 10.5. The molecule has 0 aliphatic rings. The van der Waals surface area contributed by atoms with E-state index in [0.717, 1.165) is 5.56 Å².